The van der Waals surface area contributed by atoms with Gasteiger partial charge in [-0.25, -0.2) is 0 Å². The number of aromatic nitrogens is 3. The van der Waals surface area contributed by atoms with Crippen LogP contribution in [0.15, 0.2) is 0 Å². The maximum absolute atomic E-state index is 11.7. The van der Waals surface area contributed by atoms with Gasteiger partial charge in [0.1, 0.15) is 12.2 Å². The van der Waals surface area contributed by atoms with Crippen molar-refractivity contribution in [2.75, 3.05) is 18.6 Å². The maximum atomic E-state index is 11.7. The van der Waals surface area contributed by atoms with Crippen molar-refractivity contribution >= 4 is 17.8 Å². The molecule has 1 unspecified atom stereocenters. The second-order valence-electron chi connectivity index (χ2n) is 3.91. The lowest BCUT2D eigenvalue weighted by molar-refractivity contribution is -0.139. The summed E-state index contributed by atoms with van der Waals surface area (Å²) in [5.41, 5.74) is 0. The predicted molar refractivity (Wildman–Crippen MR) is 61.4 cm³/mol. The highest BCUT2D eigenvalue weighted by Gasteiger charge is 2.31. The van der Waals surface area contributed by atoms with E-state index in [0.29, 0.717) is 18.8 Å². The Hall–Kier alpha value is -2.36. The minimum atomic E-state index is -0.424. The van der Waals surface area contributed by atoms with Crippen LogP contribution in [0.4, 0.5) is 5.95 Å². The van der Waals surface area contributed by atoms with Crippen molar-refractivity contribution < 1.29 is 14.3 Å². The van der Waals surface area contributed by atoms with Gasteiger partial charge in [-0.15, -0.1) is 17.4 Å². The van der Waals surface area contributed by atoms with Crippen molar-refractivity contribution in [3.63, 3.8) is 0 Å². The number of hydrogen-bond donors (Lipinski definition) is 1. The average Bonchev–Trinajstić information content (AvgIpc) is 2.95. The Balaban J connectivity index is 2.09. The minimum Gasteiger partial charge on any atom is -0.469 e. The predicted octanol–water partition coefficient (Wildman–Crippen LogP) is -0.494. The SMILES string of the molecule is C#CC1CC(=O)N(c2n[nH]c(CC(=O)OC)n2)C1. The van der Waals surface area contributed by atoms with Gasteiger partial charge in [0, 0.05) is 18.9 Å². The van der Waals surface area contributed by atoms with Gasteiger partial charge in [-0.3, -0.25) is 19.6 Å². The van der Waals surface area contributed by atoms with Crippen LogP contribution in [0.25, 0.3) is 0 Å². The normalized spacial score (nSPS) is 18.8. The quantitative estimate of drug-likeness (QED) is 0.576. The molecular formula is C11H12N4O3. The number of terminal acetylenes is 1. The van der Waals surface area contributed by atoms with E-state index in [1.807, 2.05) is 0 Å². The number of carbonyl (C=O) groups excluding carboxylic acids is 2. The molecule has 2 rings (SSSR count). The van der Waals surface area contributed by atoms with Crippen molar-refractivity contribution in [2.45, 2.75) is 12.8 Å². The zero-order valence-corrected chi connectivity index (χ0v) is 9.84. The van der Waals surface area contributed by atoms with Gasteiger partial charge in [-0.05, 0) is 0 Å². The van der Waals surface area contributed by atoms with Gasteiger partial charge in [0.25, 0.3) is 5.95 Å². The van der Waals surface area contributed by atoms with Crippen molar-refractivity contribution in [3.8, 4) is 12.3 Å². The summed E-state index contributed by atoms with van der Waals surface area (Å²) < 4.78 is 4.51. The minimum absolute atomic E-state index is 0.00982. The Labute approximate surface area is 104 Å². The Bertz CT molecular complexity index is 517. The first kappa shape index (κ1) is 12.1. The fourth-order valence-corrected chi connectivity index (χ4v) is 1.71. The van der Waals surface area contributed by atoms with Gasteiger partial charge < -0.3 is 4.74 Å². The van der Waals surface area contributed by atoms with Gasteiger partial charge in [0.05, 0.1) is 7.11 Å². The molecule has 1 aliphatic heterocycles. The van der Waals surface area contributed by atoms with E-state index >= 15 is 0 Å². The number of esters is 1. The number of anilines is 1. The molecule has 1 aliphatic rings. The van der Waals surface area contributed by atoms with Gasteiger partial charge in [-0.2, -0.15) is 4.98 Å². The van der Waals surface area contributed by atoms with Crippen LogP contribution in [0.5, 0.6) is 0 Å². The molecule has 0 aliphatic carbocycles. The largest absolute Gasteiger partial charge is 0.469 e. The molecule has 1 atom stereocenters. The summed E-state index contributed by atoms with van der Waals surface area (Å²) >= 11 is 0. The van der Waals surface area contributed by atoms with Crippen molar-refractivity contribution in [3.05, 3.63) is 5.82 Å². The third-order valence-electron chi connectivity index (χ3n) is 2.66. The number of methoxy groups -OCH3 is 1. The van der Waals surface area contributed by atoms with E-state index in [9.17, 15) is 9.59 Å². The first-order valence-corrected chi connectivity index (χ1v) is 5.38. The number of aromatic amines is 1. The van der Waals surface area contributed by atoms with Crippen LogP contribution >= 0.6 is 0 Å². The molecule has 1 amide bonds. The highest BCUT2D eigenvalue weighted by Crippen LogP contribution is 2.21. The third kappa shape index (κ3) is 2.32. The lowest BCUT2D eigenvalue weighted by Gasteiger charge is -2.09. The summed E-state index contributed by atoms with van der Waals surface area (Å²) in [6, 6.07) is 0. The molecule has 1 aromatic heterocycles. The van der Waals surface area contributed by atoms with E-state index in [1.165, 1.54) is 12.0 Å². The van der Waals surface area contributed by atoms with E-state index in [1.54, 1.807) is 0 Å². The van der Waals surface area contributed by atoms with Gasteiger partial charge in [0.2, 0.25) is 5.91 Å². The first-order valence-electron chi connectivity index (χ1n) is 5.38. The van der Waals surface area contributed by atoms with Gasteiger partial charge >= 0.3 is 5.97 Å². The highest BCUT2D eigenvalue weighted by atomic mass is 16.5. The molecule has 7 heteroatoms. The van der Waals surface area contributed by atoms with Crippen LogP contribution in [0, 0.1) is 18.3 Å². The maximum Gasteiger partial charge on any atom is 0.313 e. The number of nitrogens with one attached hydrogen (secondary N) is 1. The van der Waals surface area contributed by atoms with E-state index in [-0.39, 0.29) is 24.2 Å². The van der Waals surface area contributed by atoms with E-state index in [2.05, 4.69) is 25.8 Å². The molecule has 0 radical (unpaired) electrons. The van der Waals surface area contributed by atoms with E-state index in [0.717, 1.165) is 0 Å². The molecule has 1 fully saturated rings. The van der Waals surface area contributed by atoms with Crippen molar-refractivity contribution in [1.82, 2.24) is 15.2 Å². The summed E-state index contributed by atoms with van der Waals surface area (Å²) in [4.78, 5) is 28.2. The first-order chi connectivity index (χ1) is 8.63. The second kappa shape index (κ2) is 4.87. The Morgan fingerprint density at radius 1 is 1.72 bits per heavy atom. The van der Waals surface area contributed by atoms with Crippen molar-refractivity contribution in [2.24, 2.45) is 5.92 Å². The Morgan fingerprint density at radius 3 is 3.11 bits per heavy atom. The molecule has 2 heterocycles. The molecule has 7 nitrogen and oxygen atoms in total. The molecule has 94 valence electrons. The number of nitrogens with zero attached hydrogens (tertiary/aromatic N) is 3. The number of ether oxygens (including phenoxy) is 1. The molecule has 0 bridgehead atoms. The van der Waals surface area contributed by atoms with Crippen LogP contribution < -0.4 is 4.90 Å². The Morgan fingerprint density at radius 2 is 2.50 bits per heavy atom. The summed E-state index contributed by atoms with van der Waals surface area (Å²) in [6.07, 6.45) is 5.58. The zero-order valence-electron chi connectivity index (χ0n) is 9.84. The number of hydrogen-bond acceptors (Lipinski definition) is 5. The number of rotatable bonds is 3. The van der Waals surface area contributed by atoms with Crippen LogP contribution in [0.1, 0.15) is 12.2 Å². The second-order valence-corrected chi connectivity index (χ2v) is 3.91. The van der Waals surface area contributed by atoms with Crippen molar-refractivity contribution in [1.29, 1.82) is 0 Å². The average molecular weight is 248 g/mol. The lowest BCUT2D eigenvalue weighted by Crippen LogP contribution is -2.25. The molecule has 1 aromatic rings. The third-order valence-corrected chi connectivity index (χ3v) is 2.66. The summed E-state index contributed by atoms with van der Waals surface area (Å²) in [7, 11) is 1.29. The summed E-state index contributed by atoms with van der Waals surface area (Å²) in [5.74, 6) is 2.50. The fraction of sp³-hybridized carbons (Fsp3) is 0.455. The summed E-state index contributed by atoms with van der Waals surface area (Å²) in [6.45, 7) is 0.408. The number of carbonyl (C=O) groups is 2. The number of H-pyrrole nitrogens is 1. The topological polar surface area (TPSA) is 88.2 Å². The van der Waals surface area contributed by atoms with E-state index < -0.39 is 5.97 Å². The van der Waals surface area contributed by atoms with Crippen LogP contribution in [0.3, 0.4) is 0 Å². The molecule has 0 aromatic carbocycles. The highest BCUT2D eigenvalue weighted by molar-refractivity contribution is 5.94. The van der Waals surface area contributed by atoms with Gasteiger partial charge in [0.15, 0.2) is 0 Å². The molecule has 0 spiro atoms. The monoisotopic (exact) mass is 248 g/mol. The lowest BCUT2D eigenvalue weighted by atomic mass is 10.1. The number of amides is 1. The smallest absolute Gasteiger partial charge is 0.313 e. The zero-order chi connectivity index (χ0) is 13.1. The van der Waals surface area contributed by atoms with Crippen LogP contribution in [-0.4, -0.2) is 40.7 Å². The molecule has 1 N–H and O–H groups in total. The summed E-state index contributed by atoms with van der Waals surface area (Å²) in [5, 5.41) is 6.49. The molecule has 1 saturated heterocycles. The molecule has 0 saturated carbocycles. The molecular weight excluding hydrogens is 236 g/mol. The standard InChI is InChI=1S/C11H12N4O3/c1-3-7-4-9(16)15(6-7)11-12-8(13-14-11)5-10(17)18-2/h1,7H,4-6H2,2H3,(H,12,13,14). The van der Waals surface area contributed by atoms with Crippen LogP contribution in [-0.2, 0) is 20.7 Å². The Kier molecular flexibility index (Phi) is 3.28. The fourth-order valence-electron chi connectivity index (χ4n) is 1.71. The molecule has 18 heavy (non-hydrogen) atoms. The van der Waals surface area contributed by atoms with Crippen LogP contribution in [0.2, 0.25) is 0 Å². The van der Waals surface area contributed by atoms with E-state index in [4.69, 9.17) is 6.42 Å². The van der Waals surface area contributed by atoms with Gasteiger partial charge in [-0.1, -0.05) is 0 Å².